The molecule has 4 heteroatoms. The molecule has 0 bridgehead atoms. The normalized spacial score (nSPS) is 32.7. The van der Waals surface area contributed by atoms with Crippen molar-refractivity contribution in [2.75, 3.05) is 6.61 Å². The van der Waals surface area contributed by atoms with Crippen LogP contribution in [0.4, 0.5) is 0 Å². The van der Waals surface area contributed by atoms with E-state index in [4.69, 9.17) is 9.47 Å². The van der Waals surface area contributed by atoms with Crippen LogP contribution in [0.25, 0.3) is 0 Å². The van der Waals surface area contributed by atoms with Crippen LogP contribution in [0.15, 0.2) is 35.2 Å². The molecule has 1 aromatic rings. The molecule has 5 atom stereocenters. The topological polar surface area (TPSA) is 35.5 Å². The second kappa shape index (κ2) is 7.32. The van der Waals surface area contributed by atoms with Crippen LogP contribution >= 0.6 is 11.8 Å². The van der Waals surface area contributed by atoms with Gasteiger partial charge in [-0.25, -0.2) is 0 Å². The lowest BCUT2D eigenvalue weighted by atomic mass is 9.80. The number of hydrogen-bond donors (Lipinski definition) is 0. The summed E-state index contributed by atoms with van der Waals surface area (Å²) in [5.74, 6) is 1.12. The molecule has 1 aliphatic rings. The maximum atomic E-state index is 11.0. The predicted octanol–water partition coefficient (Wildman–Crippen LogP) is 3.98. The van der Waals surface area contributed by atoms with Gasteiger partial charge in [0.25, 0.3) is 0 Å². The van der Waals surface area contributed by atoms with Gasteiger partial charge in [-0.15, -0.1) is 0 Å². The number of esters is 1. The largest absolute Gasteiger partial charge is 0.463 e. The molecule has 0 N–H and O–H groups in total. The molecule has 0 aliphatic carbocycles. The Bertz CT molecular complexity index is 462. The molecular weight excluding hydrogens is 284 g/mol. The Morgan fingerprint density at radius 3 is 2.43 bits per heavy atom. The predicted molar refractivity (Wildman–Crippen MR) is 85.1 cm³/mol. The number of benzene rings is 1. The van der Waals surface area contributed by atoms with Gasteiger partial charge in [-0.2, -0.15) is 0 Å². The SMILES string of the molecule is CC(=O)OCC1O[C@@H](Sc2ccccc2)C(C)[C@@H](C)[C@@H]1C. The second-order valence-electron chi connectivity index (χ2n) is 5.85. The highest BCUT2D eigenvalue weighted by molar-refractivity contribution is 7.99. The third-order valence-electron chi connectivity index (χ3n) is 4.43. The van der Waals surface area contributed by atoms with Crippen molar-refractivity contribution in [2.45, 2.75) is 44.1 Å². The van der Waals surface area contributed by atoms with E-state index in [1.807, 2.05) is 18.2 Å². The Balaban J connectivity index is 2.04. The van der Waals surface area contributed by atoms with Gasteiger partial charge in [0.15, 0.2) is 0 Å². The van der Waals surface area contributed by atoms with Gasteiger partial charge in [0.05, 0.1) is 6.10 Å². The third kappa shape index (κ3) is 4.24. The number of hydrogen-bond acceptors (Lipinski definition) is 4. The van der Waals surface area contributed by atoms with Crippen LogP contribution in [-0.4, -0.2) is 24.1 Å². The molecule has 1 saturated heterocycles. The van der Waals surface area contributed by atoms with Crippen LogP contribution in [-0.2, 0) is 14.3 Å². The zero-order valence-corrected chi connectivity index (χ0v) is 13.9. The summed E-state index contributed by atoms with van der Waals surface area (Å²) in [4.78, 5) is 12.2. The van der Waals surface area contributed by atoms with Gasteiger partial charge >= 0.3 is 5.97 Å². The lowest BCUT2D eigenvalue weighted by Gasteiger charge is -2.43. The summed E-state index contributed by atoms with van der Waals surface area (Å²) in [5.41, 5.74) is 0.0964. The van der Waals surface area contributed by atoms with E-state index < -0.39 is 0 Å². The van der Waals surface area contributed by atoms with Crippen molar-refractivity contribution in [3.63, 3.8) is 0 Å². The quantitative estimate of drug-likeness (QED) is 0.788. The Kier molecular flexibility index (Phi) is 5.71. The van der Waals surface area contributed by atoms with Crippen molar-refractivity contribution < 1.29 is 14.3 Å². The summed E-state index contributed by atoms with van der Waals surface area (Å²) in [6.45, 7) is 8.47. The van der Waals surface area contributed by atoms with Crippen molar-refractivity contribution in [3.05, 3.63) is 30.3 Å². The Morgan fingerprint density at radius 1 is 1.14 bits per heavy atom. The molecule has 0 saturated carbocycles. The number of carbonyl (C=O) groups excluding carboxylic acids is 1. The average molecular weight is 308 g/mol. The molecule has 1 fully saturated rings. The maximum Gasteiger partial charge on any atom is 0.302 e. The smallest absolute Gasteiger partial charge is 0.302 e. The lowest BCUT2D eigenvalue weighted by molar-refractivity contribution is -0.156. The lowest BCUT2D eigenvalue weighted by Crippen LogP contribution is -2.45. The molecule has 1 aromatic carbocycles. The minimum absolute atomic E-state index is 0.0266. The van der Waals surface area contributed by atoms with Crippen molar-refractivity contribution in [1.29, 1.82) is 0 Å². The van der Waals surface area contributed by atoms with Crippen LogP contribution in [0.3, 0.4) is 0 Å². The van der Waals surface area contributed by atoms with E-state index in [-0.39, 0.29) is 17.5 Å². The molecule has 3 nitrogen and oxygen atoms in total. The highest BCUT2D eigenvalue weighted by Crippen LogP contribution is 2.41. The zero-order chi connectivity index (χ0) is 15.4. The molecule has 116 valence electrons. The van der Waals surface area contributed by atoms with Crippen molar-refractivity contribution >= 4 is 17.7 Å². The summed E-state index contributed by atoms with van der Waals surface area (Å²) >= 11 is 1.75. The monoisotopic (exact) mass is 308 g/mol. The summed E-state index contributed by atoms with van der Waals surface area (Å²) in [7, 11) is 0. The minimum Gasteiger partial charge on any atom is -0.463 e. The standard InChI is InChI=1S/C17H24O3S/c1-11-12(2)16(10-19-14(4)18)20-17(13(11)3)21-15-8-6-5-7-9-15/h5-9,11-13,16-17H,10H2,1-4H3/t11-,12-,13?,16?,17-/m0/s1. The molecule has 1 aliphatic heterocycles. The molecule has 0 spiro atoms. The van der Waals surface area contributed by atoms with E-state index in [1.165, 1.54) is 11.8 Å². The minimum atomic E-state index is -0.246. The van der Waals surface area contributed by atoms with Crippen LogP contribution < -0.4 is 0 Å². The average Bonchev–Trinajstić information content (AvgIpc) is 2.47. The molecule has 0 amide bonds. The maximum absolute atomic E-state index is 11.0. The van der Waals surface area contributed by atoms with E-state index in [2.05, 4.69) is 32.9 Å². The molecule has 0 aromatic heterocycles. The van der Waals surface area contributed by atoms with Crippen LogP contribution in [0.1, 0.15) is 27.7 Å². The second-order valence-corrected chi connectivity index (χ2v) is 7.03. The number of ether oxygens (including phenoxy) is 2. The molecule has 2 unspecified atom stereocenters. The highest BCUT2D eigenvalue weighted by Gasteiger charge is 2.39. The van der Waals surface area contributed by atoms with E-state index >= 15 is 0 Å². The molecule has 21 heavy (non-hydrogen) atoms. The van der Waals surface area contributed by atoms with Crippen molar-refractivity contribution in [3.8, 4) is 0 Å². The van der Waals surface area contributed by atoms with E-state index in [0.29, 0.717) is 24.4 Å². The highest BCUT2D eigenvalue weighted by atomic mass is 32.2. The first-order valence-electron chi connectivity index (χ1n) is 7.49. The first-order valence-corrected chi connectivity index (χ1v) is 8.37. The fourth-order valence-electron chi connectivity index (χ4n) is 2.64. The fourth-order valence-corrected chi connectivity index (χ4v) is 3.89. The number of carbonyl (C=O) groups is 1. The van der Waals surface area contributed by atoms with Crippen LogP contribution in [0, 0.1) is 17.8 Å². The molecule has 1 heterocycles. The van der Waals surface area contributed by atoms with Gasteiger partial charge in [0.1, 0.15) is 12.0 Å². The van der Waals surface area contributed by atoms with Gasteiger partial charge in [0, 0.05) is 11.8 Å². The van der Waals surface area contributed by atoms with Gasteiger partial charge < -0.3 is 9.47 Å². The van der Waals surface area contributed by atoms with Gasteiger partial charge in [-0.1, -0.05) is 50.7 Å². The van der Waals surface area contributed by atoms with Gasteiger partial charge in [-0.3, -0.25) is 4.79 Å². The molecular formula is C17H24O3S. The summed E-state index contributed by atoms with van der Waals surface area (Å²) in [5, 5.41) is 0. The van der Waals surface area contributed by atoms with E-state index in [9.17, 15) is 4.79 Å². The van der Waals surface area contributed by atoms with Gasteiger partial charge in [-0.05, 0) is 29.9 Å². The zero-order valence-electron chi connectivity index (χ0n) is 13.1. The van der Waals surface area contributed by atoms with E-state index in [0.717, 1.165) is 0 Å². The molecule has 2 rings (SSSR count). The Morgan fingerprint density at radius 2 is 1.81 bits per heavy atom. The fraction of sp³-hybridized carbons (Fsp3) is 0.588. The third-order valence-corrected chi connectivity index (χ3v) is 5.75. The number of thioether (sulfide) groups is 1. The number of rotatable bonds is 4. The molecule has 0 radical (unpaired) electrons. The summed E-state index contributed by atoms with van der Waals surface area (Å²) in [6, 6.07) is 10.3. The van der Waals surface area contributed by atoms with Crippen LogP contribution in [0.5, 0.6) is 0 Å². The Labute approximate surface area is 131 Å². The first-order chi connectivity index (χ1) is 9.99. The van der Waals surface area contributed by atoms with Crippen LogP contribution in [0.2, 0.25) is 0 Å². The Hall–Kier alpha value is -1.00. The summed E-state index contributed by atoms with van der Waals surface area (Å²) in [6.07, 6.45) is -0.0266. The van der Waals surface area contributed by atoms with Crippen molar-refractivity contribution in [2.24, 2.45) is 17.8 Å². The van der Waals surface area contributed by atoms with Crippen molar-refractivity contribution in [1.82, 2.24) is 0 Å². The summed E-state index contributed by atoms with van der Waals surface area (Å²) < 4.78 is 11.4. The van der Waals surface area contributed by atoms with Gasteiger partial charge in [0.2, 0.25) is 0 Å². The first kappa shape index (κ1) is 16.4. The van der Waals surface area contributed by atoms with E-state index in [1.54, 1.807) is 11.8 Å².